The van der Waals surface area contributed by atoms with Gasteiger partial charge in [0.25, 0.3) is 0 Å². The number of thioether (sulfide) groups is 1. The maximum atomic E-state index is 13.4. The summed E-state index contributed by atoms with van der Waals surface area (Å²) in [6, 6.07) is 2.33. The summed E-state index contributed by atoms with van der Waals surface area (Å²) in [5, 5.41) is 2.72. The van der Waals surface area contributed by atoms with E-state index in [0.717, 1.165) is 6.07 Å². The van der Waals surface area contributed by atoms with Crippen LogP contribution in [-0.2, 0) is 11.3 Å². The Morgan fingerprint density at radius 1 is 1.50 bits per heavy atom. The van der Waals surface area contributed by atoms with Gasteiger partial charge in [0.05, 0.1) is 6.04 Å². The van der Waals surface area contributed by atoms with E-state index in [1.165, 1.54) is 24.8 Å². The highest BCUT2D eigenvalue weighted by molar-refractivity contribution is 8.15. The van der Waals surface area contributed by atoms with E-state index in [9.17, 15) is 13.6 Å². The van der Waals surface area contributed by atoms with Crippen molar-refractivity contribution >= 4 is 22.8 Å². The molecule has 7 heteroatoms. The van der Waals surface area contributed by atoms with Crippen LogP contribution in [0.4, 0.5) is 8.78 Å². The van der Waals surface area contributed by atoms with Gasteiger partial charge >= 0.3 is 0 Å². The van der Waals surface area contributed by atoms with Gasteiger partial charge in [-0.1, -0.05) is 17.8 Å². The van der Waals surface area contributed by atoms with Crippen molar-refractivity contribution in [3.63, 3.8) is 0 Å². The van der Waals surface area contributed by atoms with E-state index in [-0.39, 0.29) is 29.3 Å². The lowest BCUT2D eigenvalue weighted by atomic mass is 10.1. The third-order valence-corrected chi connectivity index (χ3v) is 4.39. The summed E-state index contributed by atoms with van der Waals surface area (Å²) in [6.07, 6.45) is 0. The minimum absolute atomic E-state index is 0.144. The number of amides is 1. The van der Waals surface area contributed by atoms with Crippen LogP contribution in [0.3, 0.4) is 0 Å². The molecule has 2 atom stereocenters. The van der Waals surface area contributed by atoms with Gasteiger partial charge in [0.15, 0.2) is 16.8 Å². The zero-order chi connectivity index (χ0) is 14.9. The quantitative estimate of drug-likeness (QED) is 0.893. The number of amidine groups is 1. The van der Waals surface area contributed by atoms with E-state index in [1.807, 2.05) is 0 Å². The average molecular weight is 299 g/mol. The summed E-state index contributed by atoms with van der Waals surface area (Å²) < 4.78 is 26.4. The number of aliphatic imine (C=N–C) groups is 1. The summed E-state index contributed by atoms with van der Waals surface area (Å²) in [4.78, 5) is 16.1. The van der Waals surface area contributed by atoms with Crippen molar-refractivity contribution in [3.8, 4) is 0 Å². The average Bonchev–Trinajstić information content (AvgIpc) is 2.74. The van der Waals surface area contributed by atoms with Gasteiger partial charge in [0.1, 0.15) is 5.25 Å². The monoisotopic (exact) mass is 299 g/mol. The molecule has 0 aliphatic carbocycles. The predicted molar refractivity (Wildman–Crippen MR) is 75.4 cm³/mol. The minimum atomic E-state index is -0.890. The Balaban J connectivity index is 2.00. The summed E-state index contributed by atoms with van der Waals surface area (Å²) in [5.41, 5.74) is 6.31. The highest BCUT2D eigenvalue weighted by Crippen LogP contribution is 2.25. The molecular formula is C13H15F2N3OS. The summed E-state index contributed by atoms with van der Waals surface area (Å²) >= 11 is 1.21. The third kappa shape index (κ3) is 2.92. The number of nitrogens with one attached hydrogen (secondary N) is 1. The van der Waals surface area contributed by atoms with E-state index in [4.69, 9.17) is 5.73 Å². The molecule has 2 unspecified atom stereocenters. The fraction of sp³-hybridized carbons (Fsp3) is 0.385. The molecule has 4 nitrogen and oxygen atoms in total. The van der Waals surface area contributed by atoms with Crippen molar-refractivity contribution < 1.29 is 13.6 Å². The molecule has 0 aromatic heterocycles. The van der Waals surface area contributed by atoms with Gasteiger partial charge in [-0.2, -0.15) is 0 Å². The predicted octanol–water partition coefficient (Wildman–Crippen LogP) is 1.71. The van der Waals surface area contributed by atoms with Crippen LogP contribution in [0.5, 0.6) is 0 Å². The Morgan fingerprint density at radius 3 is 2.80 bits per heavy atom. The molecule has 20 heavy (non-hydrogen) atoms. The summed E-state index contributed by atoms with van der Waals surface area (Å²) in [6.45, 7) is 3.43. The molecule has 1 aromatic rings. The first-order valence-electron chi connectivity index (χ1n) is 6.11. The van der Waals surface area contributed by atoms with Crippen molar-refractivity contribution in [2.45, 2.75) is 31.7 Å². The van der Waals surface area contributed by atoms with Crippen LogP contribution < -0.4 is 11.1 Å². The first-order chi connectivity index (χ1) is 9.40. The van der Waals surface area contributed by atoms with Crippen molar-refractivity contribution in [3.05, 3.63) is 34.9 Å². The smallest absolute Gasteiger partial charge is 0.236 e. The molecule has 1 aliphatic heterocycles. The van der Waals surface area contributed by atoms with Gasteiger partial charge in [-0.15, -0.1) is 0 Å². The number of benzene rings is 1. The number of hydrogen-bond acceptors (Lipinski definition) is 4. The lowest BCUT2D eigenvalue weighted by molar-refractivity contribution is -0.120. The Hall–Kier alpha value is -1.63. The number of nitrogens with zero attached hydrogens (tertiary/aromatic N) is 1. The molecule has 0 saturated heterocycles. The molecule has 0 spiro atoms. The second-order valence-corrected chi connectivity index (χ2v) is 5.77. The van der Waals surface area contributed by atoms with Gasteiger partial charge in [-0.25, -0.2) is 8.78 Å². The number of hydrogen-bond donors (Lipinski definition) is 2. The third-order valence-electron chi connectivity index (χ3n) is 3.18. The molecule has 0 radical (unpaired) electrons. The highest BCUT2D eigenvalue weighted by atomic mass is 32.2. The van der Waals surface area contributed by atoms with Crippen LogP contribution in [0.25, 0.3) is 0 Å². The molecule has 0 fully saturated rings. The van der Waals surface area contributed by atoms with Gasteiger partial charge in [-0.3, -0.25) is 9.79 Å². The van der Waals surface area contributed by atoms with Crippen molar-refractivity contribution in [2.24, 2.45) is 10.7 Å². The highest BCUT2D eigenvalue weighted by Gasteiger charge is 2.31. The molecule has 1 aliphatic rings. The molecule has 1 heterocycles. The molecule has 0 saturated carbocycles. The Kier molecular flexibility index (Phi) is 4.27. The van der Waals surface area contributed by atoms with Gasteiger partial charge in [0, 0.05) is 6.54 Å². The Bertz CT molecular complexity index is 577. The lowest BCUT2D eigenvalue weighted by Crippen LogP contribution is -2.36. The van der Waals surface area contributed by atoms with Crippen molar-refractivity contribution in [2.75, 3.05) is 0 Å². The van der Waals surface area contributed by atoms with E-state index in [0.29, 0.717) is 10.7 Å². The largest absolute Gasteiger partial charge is 0.379 e. The van der Waals surface area contributed by atoms with Crippen LogP contribution in [0.1, 0.15) is 18.1 Å². The molecule has 1 aromatic carbocycles. The zero-order valence-electron chi connectivity index (χ0n) is 11.1. The Morgan fingerprint density at radius 2 is 2.20 bits per heavy atom. The number of carbonyl (C=O) groups is 1. The maximum Gasteiger partial charge on any atom is 0.236 e. The van der Waals surface area contributed by atoms with E-state index < -0.39 is 11.6 Å². The fourth-order valence-corrected chi connectivity index (χ4v) is 2.90. The summed E-state index contributed by atoms with van der Waals surface area (Å²) in [5.74, 6) is -1.98. The molecule has 0 bridgehead atoms. The standard InChI is InChI=1S/C13H15F2N3OS/c1-6-8(3-4-9(14)10(6)15)5-17-12(19)11-7(2)18-13(16)20-11/h3-4,7,11H,5H2,1-2H3,(H2,16,18)(H,17,19). The van der Waals surface area contributed by atoms with Crippen LogP contribution in [0.2, 0.25) is 0 Å². The lowest BCUT2D eigenvalue weighted by Gasteiger charge is -2.14. The molecule has 108 valence electrons. The second-order valence-electron chi connectivity index (χ2n) is 4.61. The normalized spacial score (nSPS) is 21.7. The maximum absolute atomic E-state index is 13.4. The Labute approximate surface area is 119 Å². The topological polar surface area (TPSA) is 67.5 Å². The number of carbonyl (C=O) groups excluding carboxylic acids is 1. The van der Waals surface area contributed by atoms with E-state index in [2.05, 4.69) is 10.3 Å². The van der Waals surface area contributed by atoms with Crippen LogP contribution in [0.15, 0.2) is 17.1 Å². The van der Waals surface area contributed by atoms with Crippen LogP contribution in [0, 0.1) is 18.6 Å². The molecular weight excluding hydrogens is 284 g/mol. The van der Waals surface area contributed by atoms with Gasteiger partial charge in [-0.05, 0) is 31.0 Å². The van der Waals surface area contributed by atoms with Crippen molar-refractivity contribution in [1.82, 2.24) is 5.32 Å². The van der Waals surface area contributed by atoms with Crippen molar-refractivity contribution in [1.29, 1.82) is 0 Å². The first-order valence-corrected chi connectivity index (χ1v) is 6.99. The van der Waals surface area contributed by atoms with Gasteiger partial charge < -0.3 is 11.1 Å². The number of halogens is 2. The number of rotatable bonds is 3. The van der Waals surface area contributed by atoms with E-state index >= 15 is 0 Å². The second kappa shape index (κ2) is 5.78. The van der Waals surface area contributed by atoms with E-state index in [1.54, 1.807) is 6.92 Å². The molecule has 1 amide bonds. The number of nitrogens with two attached hydrogens (primary N) is 1. The summed E-state index contributed by atoms with van der Waals surface area (Å²) in [7, 11) is 0. The minimum Gasteiger partial charge on any atom is -0.379 e. The molecule has 2 rings (SSSR count). The van der Waals surface area contributed by atoms with Crippen LogP contribution >= 0.6 is 11.8 Å². The fourth-order valence-electron chi connectivity index (χ4n) is 1.97. The first kappa shape index (κ1) is 14.8. The SMILES string of the molecule is Cc1c(CNC(=O)C2SC(N)=NC2C)ccc(F)c1F. The van der Waals surface area contributed by atoms with Crippen LogP contribution in [-0.4, -0.2) is 22.4 Å². The van der Waals surface area contributed by atoms with Gasteiger partial charge in [0.2, 0.25) is 5.91 Å². The molecule has 3 N–H and O–H groups in total. The zero-order valence-corrected chi connectivity index (χ0v) is 11.9.